The van der Waals surface area contributed by atoms with Gasteiger partial charge in [-0.1, -0.05) is 23.7 Å². The Morgan fingerprint density at radius 3 is 2.39 bits per heavy atom. The molecule has 1 amide bonds. The lowest BCUT2D eigenvalue weighted by Crippen LogP contribution is -2.36. The maximum atomic E-state index is 12.2. The van der Waals surface area contributed by atoms with Crippen molar-refractivity contribution in [2.24, 2.45) is 9.98 Å². The van der Waals surface area contributed by atoms with Crippen LogP contribution in [0.5, 0.6) is 11.5 Å². The maximum Gasteiger partial charge on any atom is 0.296 e. The van der Waals surface area contributed by atoms with Crippen LogP contribution in [0, 0.1) is 0 Å². The van der Waals surface area contributed by atoms with E-state index in [4.69, 9.17) is 21.1 Å². The number of halogens is 1. The number of benzene rings is 1. The lowest BCUT2D eigenvalue weighted by Gasteiger charge is -2.19. The van der Waals surface area contributed by atoms with Gasteiger partial charge in [-0.05, 0) is 18.2 Å². The van der Waals surface area contributed by atoms with Crippen LogP contribution in [-0.2, 0) is 4.79 Å². The molecule has 116 valence electrons. The van der Waals surface area contributed by atoms with Crippen LogP contribution in [0.4, 0.5) is 0 Å². The molecule has 1 atom stereocenters. The van der Waals surface area contributed by atoms with Crippen molar-refractivity contribution in [3.8, 4) is 11.5 Å². The number of carbonyl (C=O) groups is 1. The molecule has 0 unspecified atom stereocenters. The molecule has 0 fully saturated rings. The van der Waals surface area contributed by atoms with Gasteiger partial charge in [0.2, 0.25) is 11.9 Å². The van der Waals surface area contributed by atoms with Gasteiger partial charge in [0.15, 0.2) is 22.5 Å². The van der Waals surface area contributed by atoms with Crippen LogP contribution >= 0.6 is 11.6 Å². The molecule has 1 aromatic carbocycles. The normalized spacial score (nSPS) is 17.3. The Balaban J connectivity index is 1.86. The van der Waals surface area contributed by atoms with Crippen LogP contribution in [0.1, 0.15) is 5.82 Å². The zero-order chi connectivity index (χ0) is 16.2. The predicted octanol–water partition coefficient (Wildman–Crippen LogP) is 1.86. The molecule has 0 saturated carbocycles. The zero-order valence-corrected chi connectivity index (χ0v) is 12.8. The Bertz CT molecular complexity index is 792. The molecule has 0 aliphatic carbocycles. The number of amides is 1. The summed E-state index contributed by atoms with van der Waals surface area (Å²) in [6, 6.07) is 8.55. The molecular weight excluding hydrogens is 320 g/mol. The molecule has 8 heteroatoms. The van der Waals surface area contributed by atoms with Crippen molar-refractivity contribution in [3.05, 3.63) is 48.5 Å². The third-order valence-electron chi connectivity index (χ3n) is 2.95. The third-order valence-corrected chi connectivity index (χ3v) is 3.23. The minimum Gasteiger partial charge on any atom is -0.493 e. The lowest BCUT2D eigenvalue weighted by molar-refractivity contribution is -0.121. The smallest absolute Gasteiger partial charge is 0.296 e. The second kappa shape index (κ2) is 6.53. The van der Waals surface area contributed by atoms with Gasteiger partial charge in [0.1, 0.15) is 0 Å². The molecule has 1 aromatic heterocycles. The van der Waals surface area contributed by atoms with Gasteiger partial charge >= 0.3 is 0 Å². The fourth-order valence-electron chi connectivity index (χ4n) is 1.91. The summed E-state index contributed by atoms with van der Waals surface area (Å²) in [7, 11) is 1.50. The number of hydrogen-bond donors (Lipinski definition) is 0. The predicted molar refractivity (Wildman–Crippen MR) is 84.3 cm³/mol. The number of hydrogen-bond acceptors (Lipinski definition) is 6. The molecule has 3 rings (SSSR count). The second-order valence-electron chi connectivity index (χ2n) is 4.43. The van der Waals surface area contributed by atoms with Gasteiger partial charge in [0, 0.05) is 12.4 Å². The first-order chi connectivity index (χ1) is 11.2. The van der Waals surface area contributed by atoms with Crippen molar-refractivity contribution in [1.82, 2.24) is 9.97 Å². The van der Waals surface area contributed by atoms with Gasteiger partial charge < -0.3 is 9.47 Å². The number of para-hydroxylation sites is 2. The topological polar surface area (TPSA) is 86.0 Å². The van der Waals surface area contributed by atoms with Gasteiger partial charge in [-0.3, -0.25) is 4.79 Å². The van der Waals surface area contributed by atoms with Gasteiger partial charge in [-0.15, -0.1) is 0 Å². The Labute approximate surface area is 136 Å². The first-order valence-electron chi connectivity index (χ1n) is 6.62. The van der Waals surface area contributed by atoms with Crippen LogP contribution in [0.2, 0.25) is 0 Å². The highest BCUT2D eigenvalue weighted by Crippen LogP contribution is 2.28. The highest BCUT2D eigenvalue weighted by Gasteiger charge is 2.31. The second-order valence-corrected chi connectivity index (χ2v) is 4.82. The summed E-state index contributed by atoms with van der Waals surface area (Å²) in [6.07, 6.45) is 1.92. The number of methoxy groups -OCH3 is 1. The molecule has 1 aliphatic heterocycles. The Morgan fingerprint density at radius 1 is 1.04 bits per heavy atom. The van der Waals surface area contributed by atoms with E-state index in [0.717, 1.165) is 0 Å². The summed E-state index contributed by atoms with van der Waals surface area (Å²) in [5.74, 6) is 0.538. The SMILES string of the molecule is COc1ccccc1O[C@@H]1C(=O)N=C(c2ncccn2)N=C1Cl. The fraction of sp³-hybridized carbons (Fsp3) is 0.133. The molecule has 2 aromatic rings. The number of rotatable bonds is 4. The van der Waals surface area contributed by atoms with Crippen LogP contribution in [0.3, 0.4) is 0 Å². The minimum absolute atomic E-state index is 0.0432. The van der Waals surface area contributed by atoms with Crippen molar-refractivity contribution < 1.29 is 14.3 Å². The summed E-state index contributed by atoms with van der Waals surface area (Å²) >= 11 is 6.09. The van der Waals surface area contributed by atoms with E-state index in [9.17, 15) is 4.79 Å². The Kier molecular flexibility index (Phi) is 4.29. The van der Waals surface area contributed by atoms with E-state index >= 15 is 0 Å². The minimum atomic E-state index is -1.12. The van der Waals surface area contributed by atoms with Crippen molar-refractivity contribution in [1.29, 1.82) is 0 Å². The molecule has 2 heterocycles. The molecule has 0 spiro atoms. The average Bonchev–Trinajstić information content (AvgIpc) is 2.59. The number of carbonyl (C=O) groups excluding carboxylic acids is 1. The quantitative estimate of drug-likeness (QED) is 0.854. The summed E-state index contributed by atoms with van der Waals surface area (Å²) in [5.41, 5.74) is 0. The van der Waals surface area contributed by atoms with Gasteiger partial charge in [-0.2, -0.15) is 4.99 Å². The van der Waals surface area contributed by atoms with Crippen molar-refractivity contribution in [2.45, 2.75) is 6.10 Å². The maximum absolute atomic E-state index is 12.2. The fourth-order valence-corrected chi connectivity index (χ4v) is 2.12. The highest BCUT2D eigenvalue weighted by atomic mass is 35.5. The Hall–Kier alpha value is -2.80. The van der Waals surface area contributed by atoms with E-state index in [1.165, 1.54) is 19.5 Å². The number of amidine groups is 1. The summed E-state index contributed by atoms with van der Waals surface area (Å²) in [4.78, 5) is 28.1. The van der Waals surface area contributed by atoms with Crippen molar-refractivity contribution in [3.63, 3.8) is 0 Å². The van der Waals surface area contributed by atoms with E-state index in [1.54, 1.807) is 30.3 Å². The molecule has 0 N–H and O–H groups in total. The number of nitrogens with zero attached hydrogens (tertiary/aromatic N) is 4. The van der Waals surface area contributed by atoms with Gasteiger partial charge in [-0.25, -0.2) is 15.0 Å². The summed E-state index contributed by atoms with van der Waals surface area (Å²) < 4.78 is 10.8. The van der Waals surface area contributed by atoms with E-state index in [1.807, 2.05) is 0 Å². The zero-order valence-electron chi connectivity index (χ0n) is 12.0. The summed E-state index contributed by atoms with van der Waals surface area (Å²) in [5, 5.41) is -0.0432. The van der Waals surface area contributed by atoms with Crippen LogP contribution in [-0.4, -0.2) is 40.1 Å². The molecular formula is C15H11ClN4O3. The van der Waals surface area contributed by atoms with Gasteiger partial charge in [0.05, 0.1) is 7.11 Å². The Morgan fingerprint density at radius 2 is 1.74 bits per heavy atom. The molecule has 7 nitrogen and oxygen atoms in total. The standard InChI is InChI=1S/C15H11ClN4O3/c1-22-9-5-2-3-6-10(9)23-11-12(16)19-14(20-15(11)21)13-17-7-4-8-18-13/h2-8,11H,1H3/t11-/m0/s1. The first-order valence-corrected chi connectivity index (χ1v) is 7.00. The molecule has 0 radical (unpaired) electrons. The van der Waals surface area contributed by atoms with Crippen LogP contribution in [0.15, 0.2) is 52.7 Å². The number of aliphatic imine (C=N–C) groups is 2. The molecule has 0 saturated heterocycles. The van der Waals surface area contributed by atoms with Crippen LogP contribution in [0.25, 0.3) is 0 Å². The first kappa shape index (κ1) is 15.1. The number of aromatic nitrogens is 2. The third kappa shape index (κ3) is 3.19. The molecule has 23 heavy (non-hydrogen) atoms. The highest BCUT2D eigenvalue weighted by molar-refractivity contribution is 6.69. The van der Waals surface area contributed by atoms with Crippen molar-refractivity contribution >= 4 is 28.5 Å². The monoisotopic (exact) mass is 330 g/mol. The van der Waals surface area contributed by atoms with Crippen LogP contribution < -0.4 is 9.47 Å². The van der Waals surface area contributed by atoms with E-state index in [0.29, 0.717) is 11.5 Å². The largest absolute Gasteiger partial charge is 0.493 e. The van der Waals surface area contributed by atoms with E-state index < -0.39 is 12.0 Å². The summed E-state index contributed by atoms with van der Waals surface area (Å²) in [6.45, 7) is 0. The number of ether oxygens (including phenoxy) is 2. The van der Waals surface area contributed by atoms with Crippen molar-refractivity contribution in [2.75, 3.05) is 7.11 Å². The average molecular weight is 331 g/mol. The van der Waals surface area contributed by atoms with E-state index in [2.05, 4.69) is 20.0 Å². The van der Waals surface area contributed by atoms with Gasteiger partial charge in [0.25, 0.3) is 5.91 Å². The van der Waals surface area contributed by atoms with E-state index in [-0.39, 0.29) is 16.8 Å². The molecule has 0 bridgehead atoms. The lowest BCUT2D eigenvalue weighted by atomic mass is 10.3. The molecule has 1 aliphatic rings.